The van der Waals surface area contributed by atoms with Gasteiger partial charge in [-0.25, -0.2) is 4.98 Å². The van der Waals surface area contributed by atoms with Crippen LogP contribution in [0.25, 0.3) is 0 Å². The number of nitrogen functional groups attached to an aromatic ring is 1. The zero-order valence-electron chi connectivity index (χ0n) is 11.9. The maximum Gasteiger partial charge on any atom is 0.573 e. The van der Waals surface area contributed by atoms with Crippen LogP contribution in [0.15, 0.2) is 42.6 Å². The van der Waals surface area contributed by atoms with E-state index in [9.17, 15) is 13.2 Å². The van der Waals surface area contributed by atoms with Gasteiger partial charge in [0, 0.05) is 18.8 Å². The SMILES string of the molecule is CC(NCc1ccnc(N)c1)c1cccc(OC(F)(F)F)c1. The van der Waals surface area contributed by atoms with Gasteiger partial charge in [-0.15, -0.1) is 13.2 Å². The Morgan fingerprint density at radius 1 is 1.27 bits per heavy atom. The van der Waals surface area contributed by atoms with E-state index in [1.165, 1.54) is 18.2 Å². The second kappa shape index (κ2) is 6.65. The lowest BCUT2D eigenvalue weighted by atomic mass is 10.1. The van der Waals surface area contributed by atoms with Crippen molar-refractivity contribution >= 4 is 5.82 Å². The van der Waals surface area contributed by atoms with E-state index in [2.05, 4.69) is 15.0 Å². The lowest BCUT2D eigenvalue weighted by molar-refractivity contribution is -0.274. The first-order chi connectivity index (χ1) is 10.3. The van der Waals surface area contributed by atoms with E-state index in [1.807, 2.05) is 13.0 Å². The molecule has 0 radical (unpaired) electrons. The van der Waals surface area contributed by atoms with Gasteiger partial charge in [-0.1, -0.05) is 12.1 Å². The minimum Gasteiger partial charge on any atom is -0.406 e. The Morgan fingerprint density at radius 2 is 2.05 bits per heavy atom. The topological polar surface area (TPSA) is 60.2 Å². The predicted molar refractivity (Wildman–Crippen MR) is 77.0 cm³/mol. The third-order valence-electron chi connectivity index (χ3n) is 3.05. The number of halogens is 3. The zero-order valence-corrected chi connectivity index (χ0v) is 11.9. The van der Waals surface area contributed by atoms with Gasteiger partial charge in [-0.3, -0.25) is 0 Å². The highest BCUT2D eigenvalue weighted by molar-refractivity contribution is 5.32. The lowest BCUT2D eigenvalue weighted by Crippen LogP contribution is -2.19. The van der Waals surface area contributed by atoms with Crippen LogP contribution in [0.1, 0.15) is 24.1 Å². The number of anilines is 1. The number of ether oxygens (including phenoxy) is 1. The van der Waals surface area contributed by atoms with Crippen LogP contribution in [0.3, 0.4) is 0 Å². The molecule has 0 bridgehead atoms. The van der Waals surface area contributed by atoms with Crippen LogP contribution >= 0.6 is 0 Å². The largest absolute Gasteiger partial charge is 0.573 e. The number of rotatable bonds is 5. The Morgan fingerprint density at radius 3 is 2.73 bits per heavy atom. The summed E-state index contributed by atoms with van der Waals surface area (Å²) < 4.78 is 40.6. The summed E-state index contributed by atoms with van der Waals surface area (Å²) in [6, 6.07) is 9.31. The standard InChI is InChI=1S/C15H16F3N3O/c1-10(21-9-11-5-6-20-14(19)7-11)12-3-2-4-13(8-12)22-15(16,17)18/h2-8,10,21H,9H2,1H3,(H2,19,20). The van der Waals surface area contributed by atoms with Crippen molar-refractivity contribution in [1.29, 1.82) is 0 Å². The summed E-state index contributed by atoms with van der Waals surface area (Å²) in [4.78, 5) is 3.90. The first kappa shape index (κ1) is 16.1. The molecule has 0 saturated carbocycles. The van der Waals surface area contributed by atoms with Crippen LogP contribution in [-0.2, 0) is 6.54 Å². The molecule has 1 unspecified atom stereocenters. The van der Waals surface area contributed by atoms with Crippen LogP contribution in [0.4, 0.5) is 19.0 Å². The molecule has 1 aromatic carbocycles. The van der Waals surface area contributed by atoms with Gasteiger partial charge in [0.1, 0.15) is 11.6 Å². The molecule has 0 aliphatic carbocycles. The summed E-state index contributed by atoms with van der Waals surface area (Å²) >= 11 is 0. The molecule has 0 aliphatic heterocycles. The Kier molecular flexibility index (Phi) is 4.87. The van der Waals surface area contributed by atoms with Crippen LogP contribution in [-0.4, -0.2) is 11.3 Å². The zero-order chi connectivity index (χ0) is 16.2. The Balaban J connectivity index is 2.00. The fraction of sp³-hybridized carbons (Fsp3) is 0.267. The fourth-order valence-electron chi connectivity index (χ4n) is 1.97. The number of nitrogens with one attached hydrogen (secondary N) is 1. The van der Waals surface area contributed by atoms with Crippen LogP contribution in [0.5, 0.6) is 5.75 Å². The van der Waals surface area contributed by atoms with Gasteiger partial charge in [0.15, 0.2) is 0 Å². The number of hydrogen-bond acceptors (Lipinski definition) is 4. The molecular weight excluding hydrogens is 295 g/mol. The van der Waals surface area contributed by atoms with Gasteiger partial charge in [0.05, 0.1) is 0 Å². The summed E-state index contributed by atoms with van der Waals surface area (Å²) in [6.45, 7) is 2.38. The molecule has 2 rings (SSSR count). The molecule has 0 saturated heterocycles. The van der Waals surface area contributed by atoms with Crippen LogP contribution < -0.4 is 15.8 Å². The van der Waals surface area contributed by atoms with E-state index >= 15 is 0 Å². The summed E-state index contributed by atoms with van der Waals surface area (Å²) in [7, 11) is 0. The summed E-state index contributed by atoms with van der Waals surface area (Å²) in [5, 5.41) is 3.21. The summed E-state index contributed by atoms with van der Waals surface area (Å²) in [5.41, 5.74) is 7.24. The molecule has 7 heteroatoms. The van der Waals surface area contributed by atoms with Gasteiger partial charge in [0.25, 0.3) is 0 Å². The minimum absolute atomic E-state index is 0.147. The number of aromatic nitrogens is 1. The van der Waals surface area contributed by atoms with Crippen LogP contribution in [0.2, 0.25) is 0 Å². The van der Waals surface area contributed by atoms with Gasteiger partial charge < -0.3 is 15.8 Å². The van der Waals surface area contributed by atoms with E-state index in [4.69, 9.17) is 5.73 Å². The number of hydrogen-bond donors (Lipinski definition) is 2. The number of benzene rings is 1. The van der Waals surface area contributed by atoms with Gasteiger partial charge in [-0.2, -0.15) is 0 Å². The first-order valence-electron chi connectivity index (χ1n) is 6.63. The predicted octanol–water partition coefficient (Wildman–Crippen LogP) is 3.41. The average molecular weight is 311 g/mol. The number of alkyl halides is 3. The molecule has 22 heavy (non-hydrogen) atoms. The van der Waals surface area contributed by atoms with E-state index in [-0.39, 0.29) is 11.8 Å². The second-order valence-electron chi connectivity index (χ2n) is 4.81. The minimum atomic E-state index is -4.69. The van der Waals surface area contributed by atoms with E-state index < -0.39 is 6.36 Å². The molecule has 0 aliphatic rings. The quantitative estimate of drug-likeness (QED) is 0.888. The maximum atomic E-state index is 12.2. The normalized spacial score (nSPS) is 12.9. The molecule has 2 aromatic rings. The Hall–Kier alpha value is -2.28. The van der Waals surface area contributed by atoms with Crippen molar-refractivity contribution in [2.24, 2.45) is 0 Å². The van der Waals surface area contributed by atoms with Crippen molar-refractivity contribution < 1.29 is 17.9 Å². The molecule has 118 valence electrons. The molecule has 4 nitrogen and oxygen atoms in total. The Bertz CT molecular complexity index is 631. The maximum absolute atomic E-state index is 12.2. The van der Waals surface area contributed by atoms with Crippen molar-refractivity contribution in [3.63, 3.8) is 0 Å². The van der Waals surface area contributed by atoms with Crippen LogP contribution in [0, 0.1) is 0 Å². The molecule has 1 aromatic heterocycles. The number of pyridine rings is 1. The van der Waals surface area contributed by atoms with Crippen molar-refractivity contribution in [2.45, 2.75) is 25.9 Å². The fourth-order valence-corrected chi connectivity index (χ4v) is 1.97. The highest BCUT2D eigenvalue weighted by Crippen LogP contribution is 2.25. The van der Waals surface area contributed by atoms with Crippen molar-refractivity contribution in [1.82, 2.24) is 10.3 Å². The second-order valence-corrected chi connectivity index (χ2v) is 4.81. The third-order valence-corrected chi connectivity index (χ3v) is 3.05. The molecule has 0 spiro atoms. The molecule has 0 fully saturated rings. The molecule has 3 N–H and O–H groups in total. The third kappa shape index (κ3) is 4.92. The molecule has 1 atom stereocenters. The van der Waals surface area contributed by atoms with Crippen molar-refractivity contribution in [2.75, 3.05) is 5.73 Å². The highest BCUT2D eigenvalue weighted by atomic mass is 19.4. The van der Waals surface area contributed by atoms with E-state index in [0.717, 1.165) is 5.56 Å². The monoisotopic (exact) mass is 311 g/mol. The molecule has 0 amide bonds. The van der Waals surface area contributed by atoms with E-state index in [1.54, 1.807) is 18.3 Å². The summed E-state index contributed by atoms with van der Waals surface area (Å²) in [5.74, 6) is 0.194. The number of nitrogens with zero attached hydrogens (tertiary/aromatic N) is 1. The summed E-state index contributed by atoms with van der Waals surface area (Å²) in [6.07, 6.45) is -3.08. The molecule has 1 heterocycles. The average Bonchev–Trinajstić information content (AvgIpc) is 2.43. The highest BCUT2D eigenvalue weighted by Gasteiger charge is 2.31. The first-order valence-corrected chi connectivity index (χ1v) is 6.63. The van der Waals surface area contributed by atoms with Gasteiger partial charge in [-0.05, 0) is 42.3 Å². The van der Waals surface area contributed by atoms with Gasteiger partial charge in [0.2, 0.25) is 0 Å². The molecular formula is C15H16F3N3O. The van der Waals surface area contributed by atoms with Crippen molar-refractivity contribution in [3.05, 3.63) is 53.7 Å². The van der Waals surface area contributed by atoms with Crippen molar-refractivity contribution in [3.8, 4) is 5.75 Å². The number of nitrogens with two attached hydrogens (primary N) is 1. The van der Waals surface area contributed by atoms with E-state index in [0.29, 0.717) is 17.9 Å². The van der Waals surface area contributed by atoms with Gasteiger partial charge >= 0.3 is 6.36 Å². The smallest absolute Gasteiger partial charge is 0.406 e. The lowest BCUT2D eigenvalue weighted by Gasteiger charge is -2.16. The Labute approximate surface area is 126 Å².